The minimum absolute atomic E-state index is 0.0855. The number of hydrazine groups is 1. The summed E-state index contributed by atoms with van der Waals surface area (Å²) in [4.78, 5) is 25.0. The van der Waals surface area contributed by atoms with E-state index in [1.165, 1.54) is 0 Å². The van der Waals surface area contributed by atoms with E-state index < -0.39 is 11.0 Å². The van der Waals surface area contributed by atoms with E-state index in [4.69, 9.17) is 4.74 Å². The molecule has 1 unspecified atom stereocenters. The Hall–Kier alpha value is -1.88. The number of esters is 1. The van der Waals surface area contributed by atoms with Gasteiger partial charge in [0.25, 0.3) is 5.91 Å². The average molecular weight is 320 g/mol. The molecule has 128 valence electrons. The first-order valence-electron chi connectivity index (χ1n) is 7.96. The van der Waals surface area contributed by atoms with Crippen molar-refractivity contribution in [1.82, 2.24) is 10.9 Å². The fourth-order valence-corrected chi connectivity index (χ4v) is 2.85. The van der Waals surface area contributed by atoms with Crippen molar-refractivity contribution in [2.75, 3.05) is 6.61 Å². The van der Waals surface area contributed by atoms with Crippen LogP contribution in [0, 0.1) is 11.3 Å². The molecule has 0 aliphatic carbocycles. The zero-order valence-electron chi connectivity index (χ0n) is 14.9. The Bertz CT molecular complexity index is 535. The number of hydrogen-bond donors (Lipinski definition) is 2. The number of hydrogen-bond acceptors (Lipinski definition) is 4. The Kier molecular flexibility index (Phi) is 6.33. The van der Waals surface area contributed by atoms with Gasteiger partial charge in [0.05, 0.1) is 6.61 Å². The van der Waals surface area contributed by atoms with E-state index in [1.807, 2.05) is 40.7 Å². The van der Waals surface area contributed by atoms with Crippen molar-refractivity contribution >= 4 is 11.9 Å². The van der Waals surface area contributed by atoms with E-state index in [1.54, 1.807) is 31.2 Å². The maximum absolute atomic E-state index is 12.7. The lowest BCUT2D eigenvalue weighted by Crippen LogP contribution is -2.68. The van der Waals surface area contributed by atoms with Gasteiger partial charge in [-0.1, -0.05) is 52.8 Å². The third kappa shape index (κ3) is 4.10. The van der Waals surface area contributed by atoms with Crippen molar-refractivity contribution in [1.29, 1.82) is 0 Å². The highest BCUT2D eigenvalue weighted by atomic mass is 16.5. The molecule has 5 heteroatoms. The molecule has 0 spiro atoms. The quantitative estimate of drug-likeness (QED) is 0.625. The van der Waals surface area contributed by atoms with Gasteiger partial charge in [0.15, 0.2) is 0 Å². The van der Waals surface area contributed by atoms with Gasteiger partial charge in [-0.25, -0.2) is 10.2 Å². The maximum atomic E-state index is 12.7. The maximum Gasteiger partial charge on any atom is 0.328 e. The molecule has 0 aliphatic rings. The van der Waals surface area contributed by atoms with E-state index in [0.29, 0.717) is 5.56 Å². The van der Waals surface area contributed by atoms with Crippen molar-refractivity contribution in [3.63, 3.8) is 0 Å². The predicted octanol–water partition coefficient (Wildman–Crippen LogP) is 2.93. The SMILES string of the molecule is CCOC(=O)C(NNC(=O)c1ccccc1)(C(C)C)C(C)(C)C. The molecule has 0 heterocycles. The van der Waals surface area contributed by atoms with Gasteiger partial charge in [0, 0.05) is 5.56 Å². The van der Waals surface area contributed by atoms with E-state index in [9.17, 15) is 9.59 Å². The van der Waals surface area contributed by atoms with Crippen LogP contribution >= 0.6 is 0 Å². The van der Waals surface area contributed by atoms with Crippen LogP contribution in [0.4, 0.5) is 0 Å². The van der Waals surface area contributed by atoms with E-state index >= 15 is 0 Å². The molecule has 0 saturated carbocycles. The molecular weight excluding hydrogens is 292 g/mol. The van der Waals surface area contributed by atoms with E-state index in [-0.39, 0.29) is 24.4 Å². The fraction of sp³-hybridized carbons (Fsp3) is 0.556. The number of amides is 1. The van der Waals surface area contributed by atoms with Gasteiger partial charge in [-0.2, -0.15) is 0 Å². The van der Waals surface area contributed by atoms with Crippen LogP contribution in [0.25, 0.3) is 0 Å². The molecule has 0 aliphatic heterocycles. The normalized spacial score (nSPS) is 14.2. The minimum atomic E-state index is -1.03. The zero-order chi connectivity index (χ0) is 17.7. The van der Waals surface area contributed by atoms with Gasteiger partial charge in [-0.15, -0.1) is 0 Å². The summed E-state index contributed by atoms with van der Waals surface area (Å²) in [6.45, 7) is 11.8. The minimum Gasteiger partial charge on any atom is -0.465 e. The first-order valence-corrected chi connectivity index (χ1v) is 7.96. The van der Waals surface area contributed by atoms with Gasteiger partial charge in [0.1, 0.15) is 5.54 Å². The Morgan fingerprint density at radius 3 is 2.13 bits per heavy atom. The van der Waals surface area contributed by atoms with Gasteiger partial charge in [0.2, 0.25) is 0 Å². The average Bonchev–Trinajstić information content (AvgIpc) is 2.47. The molecule has 5 nitrogen and oxygen atoms in total. The summed E-state index contributed by atoms with van der Waals surface area (Å²) in [7, 11) is 0. The molecule has 0 fully saturated rings. The lowest BCUT2D eigenvalue weighted by atomic mass is 9.67. The monoisotopic (exact) mass is 320 g/mol. The van der Waals surface area contributed by atoms with Crippen LogP contribution in [0.5, 0.6) is 0 Å². The van der Waals surface area contributed by atoms with Gasteiger partial charge >= 0.3 is 5.97 Å². The Labute approximate surface area is 138 Å². The van der Waals surface area contributed by atoms with Crippen LogP contribution < -0.4 is 10.9 Å². The second kappa shape index (κ2) is 7.59. The molecule has 1 amide bonds. The third-order valence-corrected chi connectivity index (χ3v) is 4.06. The van der Waals surface area contributed by atoms with Crippen molar-refractivity contribution < 1.29 is 14.3 Å². The van der Waals surface area contributed by atoms with Crippen molar-refractivity contribution in [2.24, 2.45) is 11.3 Å². The number of rotatable bonds is 6. The summed E-state index contributed by atoms with van der Waals surface area (Å²) in [5, 5.41) is 0. The highest BCUT2D eigenvalue weighted by Crippen LogP contribution is 2.37. The van der Waals surface area contributed by atoms with Crippen LogP contribution in [0.15, 0.2) is 30.3 Å². The molecule has 23 heavy (non-hydrogen) atoms. The van der Waals surface area contributed by atoms with Gasteiger partial charge < -0.3 is 4.74 Å². The Morgan fingerprint density at radius 1 is 1.13 bits per heavy atom. The molecule has 0 radical (unpaired) electrons. The third-order valence-electron chi connectivity index (χ3n) is 4.06. The smallest absolute Gasteiger partial charge is 0.328 e. The highest BCUT2D eigenvalue weighted by Gasteiger charge is 2.52. The molecule has 1 aromatic rings. The van der Waals surface area contributed by atoms with Crippen LogP contribution in [0.2, 0.25) is 0 Å². The number of carbonyl (C=O) groups excluding carboxylic acids is 2. The molecule has 1 atom stereocenters. The summed E-state index contributed by atoms with van der Waals surface area (Å²) < 4.78 is 5.28. The molecular formula is C18H28N2O3. The number of ether oxygens (including phenoxy) is 1. The zero-order valence-corrected chi connectivity index (χ0v) is 14.9. The highest BCUT2D eigenvalue weighted by molar-refractivity contribution is 5.94. The summed E-state index contributed by atoms with van der Waals surface area (Å²) in [5.41, 5.74) is 4.69. The fourth-order valence-electron chi connectivity index (χ4n) is 2.85. The van der Waals surface area contributed by atoms with Crippen molar-refractivity contribution in [3.05, 3.63) is 35.9 Å². The summed E-state index contributed by atoms with van der Waals surface area (Å²) in [6, 6.07) is 8.86. The predicted molar refractivity (Wildman–Crippen MR) is 90.7 cm³/mol. The first kappa shape index (κ1) is 19.2. The molecule has 1 aromatic carbocycles. The van der Waals surface area contributed by atoms with Crippen LogP contribution in [-0.4, -0.2) is 24.0 Å². The summed E-state index contributed by atoms with van der Waals surface area (Å²) >= 11 is 0. The molecule has 1 rings (SSSR count). The molecule has 0 aromatic heterocycles. The number of nitrogens with one attached hydrogen (secondary N) is 2. The van der Waals surface area contributed by atoms with Gasteiger partial charge in [-0.05, 0) is 30.4 Å². The lowest BCUT2D eigenvalue weighted by Gasteiger charge is -2.45. The molecule has 2 N–H and O–H groups in total. The largest absolute Gasteiger partial charge is 0.465 e. The second-order valence-electron chi connectivity index (χ2n) is 6.88. The van der Waals surface area contributed by atoms with E-state index in [0.717, 1.165) is 0 Å². The molecule has 0 bridgehead atoms. The van der Waals surface area contributed by atoms with Crippen molar-refractivity contribution in [3.8, 4) is 0 Å². The van der Waals surface area contributed by atoms with Crippen LogP contribution in [-0.2, 0) is 9.53 Å². The first-order chi connectivity index (χ1) is 10.7. The van der Waals surface area contributed by atoms with Crippen molar-refractivity contribution in [2.45, 2.75) is 47.1 Å². The topological polar surface area (TPSA) is 67.4 Å². The Morgan fingerprint density at radius 2 is 1.70 bits per heavy atom. The lowest BCUT2D eigenvalue weighted by molar-refractivity contribution is -0.160. The summed E-state index contributed by atoms with van der Waals surface area (Å²) in [6.07, 6.45) is 0. The number of carbonyl (C=O) groups is 2. The summed E-state index contributed by atoms with van der Waals surface area (Å²) in [5.74, 6) is -0.738. The standard InChI is InChI=1S/C18H28N2O3/c1-7-23-16(22)18(13(2)3,17(4,5)6)20-19-15(21)14-11-9-8-10-12-14/h8-13,20H,7H2,1-6H3,(H,19,21). The Balaban J connectivity index is 3.06. The van der Waals surface area contributed by atoms with E-state index in [2.05, 4.69) is 10.9 Å². The van der Waals surface area contributed by atoms with Crippen LogP contribution in [0.1, 0.15) is 51.9 Å². The second-order valence-corrected chi connectivity index (χ2v) is 6.88. The number of benzene rings is 1. The molecule has 0 saturated heterocycles. The van der Waals surface area contributed by atoms with Gasteiger partial charge in [-0.3, -0.25) is 10.2 Å². The van der Waals surface area contributed by atoms with Crippen LogP contribution in [0.3, 0.4) is 0 Å².